The molecule has 0 saturated heterocycles. The van der Waals surface area contributed by atoms with Crippen LogP contribution in [-0.4, -0.2) is 25.0 Å². The maximum Gasteiger partial charge on any atom is 0.433 e. The number of hydrogen-bond acceptors (Lipinski definition) is 5. The lowest BCUT2D eigenvalue weighted by Gasteiger charge is -2.13. The van der Waals surface area contributed by atoms with Gasteiger partial charge < -0.3 is 4.74 Å². The van der Waals surface area contributed by atoms with Gasteiger partial charge in [0.1, 0.15) is 12.3 Å². The highest BCUT2D eigenvalue weighted by molar-refractivity contribution is 6.31. The van der Waals surface area contributed by atoms with Crippen molar-refractivity contribution in [3.05, 3.63) is 58.6 Å². The van der Waals surface area contributed by atoms with Gasteiger partial charge in [-0.05, 0) is 24.3 Å². The van der Waals surface area contributed by atoms with Crippen LogP contribution in [0.5, 0.6) is 6.01 Å². The molecule has 2 heterocycles. The van der Waals surface area contributed by atoms with Crippen molar-refractivity contribution in [3.8, 4) is 11.7 Å². The van der Waals surface area contributed by atoms with Crippen LogP contribution < -0.4 is 4.74 Å². The first-order valence-corrected chi connectivity index (χ1v) is 8.04. The summed E-state index contributed by atoms with van der Waals surface area (Å²) in [6.45, 7) is 0.444. The summed E-state index contributed by atoms with van der Waals surface area (Å²) in [4.78, 5) is 6.86. The first-order chi connectivity index (χ1) is 13.0. The van der Waals surface area contributed by atoms with Gasteiger partial charge in [0, 0.05) is 23.7 Å². The number of benzene rings is 1. The molecule has 0 saturated carbocycles. The number of aromatic nitrogens is 5. The summed E-state index contributed by atoms with van der Waals surface area (Å²) >= 11 is 5.80. The van der Waals surface area contributed by atoms with E-state index in [1.165, 1.54) is 23.0 Å². The van der Waals surface area contributed by atoms with Crippen LogP contribution in [0.15, 0.2) is 36.7 Å². The van der Waals surface area contributed by atoms with Crippen molar-refractivity contribution in [1.82, 2.24) is 25.0 Å². The first kappa shape index (κ1) is 19.9. The van der Waals surface area contributed by atoms with Gasteiger partial charge in [-0.2, -0.15) is 18.2 Å². The zero-order valence-corrected chi connectivity index (χ0v) is 14.8. The van der Waals surface area contributed by atoms with Gasteiger partial charge in [-0.3, -0.25) is 0 Å². The average molecular weight is 420 g/mol. The summed E-state index contributed by atoms with van der Waals surface area (Å²) < 4.78 is 71.4. The molecular weight excluding hydrogens is 409 g/mol. The Morgan fingerprint density at radius 3 is 2.57 bits per heavy atom. The number of hydrogen-bond donors (Lipinski definition) is 0. The second-order valence-electron chi connectivity index (χ2n) is 5.72. The summed E-state index contributed by atoms with van der Waals surface area (Å²) in [5, 5.41) is 7.47. The molecule has 6 nitrogen and oxygen atoms in total. The fourth-order valence-corrected chi connectivity index (χ4v) is 2.47. The second-order valence-corrected chi connectivity index (χ2v) is 6.13. The van der Waals surface area contributed by atoms with E-state index < -0.39 is 23.8 Å². The van der Waals surface area contributed by atoms with E-state index in [4.69, 9.17) is 16.3 Å². The van der Waals surface area contributed by atoms with Crippen LogP contribution in [0.3, 0.4) is 0 Å². The summed E-state index contributed by atoms with van der Waals surface area (Å²) in [7, 11) is 0. The average Bonchev–Trinajstić information content (AvgIpc) is 3.08. The number of alkyl halides is 5. The predicted octanol–water partition coefficient (Wildman–Crippen LogP) is 4.42. The van der Waals surface area contributed by atoms with Crippen molar-refractivity contribution in [3.63, 3.8) is 0 Å². The zero-order chi connectivity index (χ0) is 20.5. The second kappa shape index (κ2) is 7.30. The van der Waals surface area contributed by atoms with Crippen LogP contribution in [0.2, 0.25) is 5.02 Å². The fraction of sp³-hybridized carbons (Fsp3) is 0.250. The largest absolute Gasteiger partial charge is 0.457 e. The maximum atomic E-state index is 13.6. The molecule has 12 heteroatoms. The lowest BCUT2D eigenvalue weighted by molar-refractivity contribution is -0.141. The molecule has 0 aliphatic rings. The van der Waals surface area contributed by atoms with E-state index in [0.717, 1.165) is 12.3 Å². The molecule has 0 amide bonds. The molecule has 3 aromatic rings. The SMILES string of the molecule is CC(F)(F)c1cc(-n2cc(COc3nccc(C(F)(F)F)n3)nn2)ccc1Cl. The van der Waals surface area contributed by atoms with Gasteiger partial charge in [0.05, 0.1) is 11.9 Å². The van der Waals surface area contributed by atoms with Gasteiger partial charge in [0.15, 0.2) is 5.69 Å². The van der Waals surface area contributed by atoms with E-state index in [9.17, 15) is 22.0 Å². The van der Waals surface area contributed by atoms with Crippen LogP contribution in [-0.2, 0) is 18.7 Å². The Balaban J connectivity index is 1.75. The van der Waals surface area contributed by atoms with Gasteiger partial charge in [-0.15, -0.1) is 5.10 Å². The maximum absolute atomic E-state index is 13.6. The Morgan fingerprint density at radius 1 is 1.14 bits per heavy atom. The molecule has 0 atom stereocenters. The lowest BCUT2D eigenvalue weighted by atomic mass is 10.1. The Labute approximate surface area is 159 Å². The van der Waals surface area contributed by atoms with E-state index in [-0.39, 0.29) is 28.6 Å². The van der Waals surface area contributed by atoms with Crippen molar-refractivity contribution < 1.29 is 26.7 Å². The molecule has 0 N–H and O–H groups in total. The van der Waals surface area contributed by atoms with Gasteiger partial charge >= 0.3 is 12.2 Å². The highest BCUT2D eigenvalue weighted by Gasteiger charge is 2.33. The topological polar surface area (TPSA) is 65.7 Å². The molecule has 1 aromatic carbocycles. The summed E-state index contributed by atoms with van der Waals surface area (Å²) in [5.74, 6) is -3.15. The normalized spacial score (nSPS) is 12.2. The summed E-state index contributed by atoms with van der Waals surface area (Å²) in [5.41, 5.74) is -1.02. The zero-order valence-electron chi connectivity index (χ0n) is 14.1. The van der Waals surface area contributed by atoms with E-state index in [1.54, 1.807) is 0 Å². The molecule has 0 bridgehead atoms. The van der Waals surface area contributed by atoms with Gasteiger partial charge in [0.25, 0.3) is 5.92 Å². The van der Waals surface area contributed by atoms with Crippen LogP contribution >= 0.6 is 11.6 Å². The smallest absolute Gasteiger partial charge is 0.433 e. The summed E-state index contributed by atoms with van der Waals surface area (Å²) in [6.07, 6.45) is -2.34. The van der Waals surface area contributed by atoms with Crippen LogP contribution in [0.1, 0.15) is 23.9 Å². The molecule has 0 unspecified atom stereocenters. The van der Waals surface area contributed by atoms with Crippen molar-refractivity contribution in [2.24, 2.45) is 0 Å². The van der Waals surface area contributed by atoms with Crippen molar-refractivity contribution in [1.29, 1.82) is 0 Å². The molecule has 0 fully saturated rings. The number of halogens is 6. The molecule has 3 rings (SSSR count). The minimum absolute atomic E-state index is 0.0957. The molecule has 28 heavy (non-hydrogen) atoms. The first-order valence-electron chi connectivity index (χ1n) is 7.66. The van der Waals surface area contributed by atoms with Crippen LogP contribution in [0.4, 0.5) is 22.0 Å². The van der Waals surface area contributed by atoms with E-state index >= 15 is 0 Å². The molecule has 148 valence electrons. The molecule has 0 spiro atoms. The van der Waals surface area contributed by atoms with Crippen molar-refractivity contribution in [2.45, 2.75) is 25.6 Å². The molecule has 2 aromatic heterocycles. The molecular formula is C16H11ClF5N5O. The minimum atomic E-state index is -4.63. The Bertz CT molecular complexity index is 986. The van der Waals surface area contributed by atoms with E-state index in [2.05, 4.69) is 20.3 Å². The summed E-state index contributed by atoms with van der Waals surface area (Å²) in [6, 6.07) is 4.16. The third kappa shape index (κ3) is 4.53. The molecule has 0 aliphatic carbocycles. The van der Waals surface area contributed by atoms with Crippen molar-refractivity contribution >= 4 is 11.6 Å². The van der Waals surface area contributed by atoms with Gasteiger partial charge in [0.2, 0.25) is 0 Å². The quantitative estimate of drug-likeness (QED) is 0.573. The fourth-order valence-electron chi connectivity index (χ4n) is 2.19. The highest BCUT2D eigenvalue weighted by Crippen LogP contribution is 2.34. The third-order valence-corrected chi connectivity index (χ3v) is 3.83. The number of nitrogens with zero attached hydrogens (tertiary/aromatic N) is 5. The van der Waals surface area contributed by atoms with Gasteiger partial charge in [-0.1, -0.05) is 16.8 Å². The predicted molar refractivity (Wildman–Crippen MR) is 87.3 cm³/mol. The number of rotatable bonds is 5. The molecule has 0 radical (unpaired) electrons. The molecule has 0 aliphatic heterocycles. The van der Waals surface area contributed by atoms with E-state index in [1.807, 2.05) is 0 Å². The Kier molecular flexibility index (Phi) is 5.20. The minimum Gasteiger partial charge on any atom is -0.457 e. The lowest BCUT2D eigenvalue weighted by Crippen LogP contribution is -2.10. The third-order valence-electron chi connectivity index (χ3n) is 3.50. The van der Waals surface area contributed by atoms with Gasteiger partial charge in [-0.25, -0.2) is 18.4 Å². The Hall–Kier alpha value is -2.82. The van der Waals surface area contributed by atoms with Crippen molar-refractivity contribution in [2.75, 3.05) is 0 Å². The van der Waals surface area contributed by atoms with Crippen LogP contribution in [0, 0.1) is 0 Å². The Morgan fingerprint density at radius 2 is 1.89 bits per heavy atom. The van der Waals surface area contributed by atoms with Crippen LogP contribution in [0.25, 0.3) is 5.69 Å². The number of ether oxygens (including phenoxy) is 1. The monoisotopic (exact) mass is 419 g/mol. The van der Waals surface area contributed by atoms with E-state index in [0.29, 0.717) is 13.0 Å². The highest BCUT2D eigenvalue weighted by atomic mass is 35.5. The standard InChI is InChI=1S/C16H11ClF5N5O/c1-15(18,19)11-6-10(2-3-12(11)17)27-7-9(25-26-27)8-28-14-23-5-4-13(24-14)16(20,21)22/h2-7H,8H2,1H3.